The maximum atomic E-state index is 12.3. The standard InChI is InChI=1S/C17H20N2O2S/c1-10-15(12(3)20)11(2)19-16(10)17(21)18-9-13-5-7-14(22-4)8-6-13/h5-8,19H,9H2,1-4H3,(H,18,21). The van der Waals surface area contributed by atoms with Gasteiger partial charge in [0.15, 0.2) is 5.78 Å². The fraction of sp³-hybridized carbons (Fsp3) is 0.294. The van der Waals surface area contributed by atoms with Crippen LogP contribution in [0.15, 0.2) is 29.2 Å². The largest absolute Gasteiger partial charge is 0.354 e. The van der Waals surface area contributed by atoms with E-state index < -0.39 is 0 Å². The Morgan fingerprint density at radius 1 is 1.18 bits per heavy atom. The van der Waals surface area contributed by atoms with Crippen molar-refractivity contribution >= 4 is 23.5 Å². The van der Waals surface area contributed by atoms with Gasteiger partial charge in [0, 0.05) is 22.7 Å². The van der Waals surface area contributed by atoms with E-state index >= 15 is 0 Å². The van der Waals surface area contributed by atoms with Crippen molar-refractivity contribution in [2.75, 3.05) is 6.26 Å². The molecule has 0 saturated heterocycles. The highest BCUT2D eigenvalue weighted by Crippen LogP contribution is 2.19. The van der Waals surface area contributed by atoms with Crippen LogP contribution in [0.2, 0.25) is 0 Å². The van der Waals surface area contributed by atoms with Crippen molar-refractivity contribution in [1.29, 1.82) is 0 Å². The van der Waals surface area contributed by atoms with Crippen LogP contribution in [0.1, 0.15) is 44.6 Å². The fourth-order valence-corrected chi connectivity index (χ4v) is 2.93. The number of nitrogens with one attached hydrogen (secondary N) is 2. The zero-order valence-electron chi connectivity index (χ0n) is 13.2. The molecule has 116 valence electrons. The molecule has 1 aromatic heterocycles. The lowest BCUT2D eigenvalue weighted by Crippen LogP contribution is -2.24. The summed E-state index contributed by atoms with van der Waals surface area (Å²) in [4.78, 5) is 28.1. The third-order valence-electron chi connectivity index (χ3n) is 3.63. The molecule has 0 aliphatic rings. The van der Waals surface area contributed by atoms with Gasteiger partial charge in [-0.3, -0.25) is 9.59 Å². The SMILES string of the molecule is CSc1ccc(CNC(=O)c2[nH]c(C)c(C(C)=O)c2C)cc1. The molecule has 0 radical (unpaired) electrons. The van der Waals surface area contributed by atoms with Crippen molar-refractivity contribution in [2.24, 2.45) is 0 Å². The quantitative estimate of drug-likeness (QED) is 0.656. The first-order chi connectivity index (χ1) is 10.4. The zero-order chi connectivity index (χ0) is 16.3. The number of benzene rings is 1. The van der Waals surface area contributed by atoms with E-state index in [0.717, 1.165) is 11.3 Å². The summed E-state index contributed by atoms with van der Waals surface area (Å²) in [6.45, 7) is 5.57. The Hall–Kier alpha value is -2.01. The second-order valence-corrected chi connectivity index (χ2v) is 6.09. The number of Topliss-reactive ketones (excluding diaryl/α,β-unsaturated/α-hetero) is 1. The summed E-state index contributed by atoms with van der Waals surface area (Å²) in [6.07, 6.45) is 2.03. The molecular weight excluding hydrogens is 296 g/mol. The highest BCUT2D eigenvalue weighted by atomic mass is 32.2. The lowest BCUT2D eigenvalue weighted by molar-refractivity contribution is 0.0945. The molecule has 0 saturated carbocycles. The molecule has 0 aliphatic carbocycles. The van der Waals surface area contributed by atoms with Gasteiger partial charge in [-0.1, -0.05) is 12.1 Å². The van der Waals surface area contributed by atoms with Crippen LogP contribution in [0, 0.1) is 13.8 Å². The number of ketones is 1. The number of rotatable bonds is 5. The predicted octanol–water partition coefficient (Wildman–Crippen LogP) is 3.49. The second-order valence-electron chi connectivity index (χ2n) is 5.21. The summed E-state index contributed by atoms with van der Waals surface area (Å²) >= 11 is 1.68. The van der Waals surface area contributed by atoms with E-state index in [2.05, 4.69) is 10.3 Å². The second kappa shape index (κ2) is 6.83. The first-order valence-electron chi connectivity index (χ1n) is 7.05. The molecule has 1 amide bonds. The van der Waals surface area contributed by atoms with Crippen molar-refractivity contribution in [2.45, 2.75) is 32.2 Å². The highest BCUT2D eigenvalue weighted by Gasteiger charge is 2.19. The molecule has 2 aromatic rings. The lowest BCUT2D eigenvalue weighted by Gasteiger charge is -2.06. The first kappa shape index (κ1) is 16.4. The van der Waals surface area contributed by atoms with E-state index in [4.69, 9.17) is 0 Å². The van der Waals surface area contributed by atoms with Crippen LogP contribution in [-0.4, -0.2) is 22.9 Å². The average molecular weight is 316 g/mol. The van der Waals surface area contributed by atoms with Gasteiger partial charge in [-0.15, -0.1) is 11.8 Å². The summed E-state index contributed by atoms with van der Waals surface area (Å²) in [6, 6.07) is 8.06. The Labute approximate surface area is 134 Å². The number of aryl methyl sites for hydroxylation is 1. The molecule has 5 heteroatoms. The third-order valence-corrected chi connectivity index (χ3v) is 4.37. The van der Waals surface area contributed by atoms with Gasteiger partial charge in [-0.05, 0) is 50.3 Å². The number of carbonyl (C=O) groups excluding carboxylic acids is 2. The Balaban J connectivity index is 2.09. The summed E-state index contributed by atoms with van der Waals surface area (Å²) in [7, 11) is 0. The van der Waals surface area contributed by atoms with E-state index in [1.54, 1.807) is 18.7 Å². The Morgan fingerprint density at radius 3 is 2.32 bits per heavy atom. The van der Waals surface area contributed by atoms with E-state index in [-0.39, 0.29) is 11.7 Å². The van der Waals surface area contributed by atoms with Gasteiger partial charge in [0.1, 0.15) is 5.69 Å². The lowest BCUT2D eigenvalue weighted by atomic mass is 10.1. The molecule has 1 heterocycles. The molecule has 0 aliphatic heterocycles. The summed E-state index contributed by atoms with van der Waals surface area (Å²) in [5.41, 5.74) is 3.55. The molecule has 1 aromatic carbocycles. The van der Waals surface area contributed by atoms with Crippen LogP contribution in [0.5, 0.6) is 0 Å². The van der Waals surface area contributed by atoms with Crippen LogP contribution in [0.25, 0.3) is 0 Å². The third kappa shape index (κ3) is 3.42. The Kier molecular flexibility index (Phi) is 5.08. The fourth-order valence-electron chi connectivity index (χ4n) is 2.52. The van der Waals surface area contributed by atoms with E-state index in [1.165, 1.54) is 11.8 Å². The van der Waals surface area contributed by atoms with Crippen LogP contribution in [0.4, 0.5) is 0 Å². The number of aromatic amines is 1. The molecule has 0 fully saturated rings. The topological polar surface area (TPSA) is 62.0 Å². The molecule has 0 bridgehead atoms. The molecule has 0 unspecified atom stereocenters. The monoisotopic (exact) mass is 316 g/mol. The maximum absolute atomic E-state index is 12.3. The smallest absolute Gasteiger partial charge is 0.268 e. The number of hydrogen-bond acceptors (Lipinski definition) is 3. The van der Waals surface area contributed by atoms with Gasteiger partial charge in [0.2, 0.25) is 0 Å². The van der Waals surface area contributed by atoms with Crippen molar-refractivity contribution in [3.8, 4) is 0 Å². The van der Waals surface area contributed by atoms with Gasteiger partial charge in [0.05, 0.1) is 0 Å². The molecule has 22 heavy (non-hydrogen) atoms. The first-order valence-corrected chi connectivity index (χ1v) is 8.27. The van der Waals surface area contributed by atoms with Crippen molar-refractivity contribution < 1.29 is 9.59 Å². The summed E-state index contributed by atoms with van der Waals surface area (Å²) < 4.78 is 0. The maximum Gasteiger partial charge on any atom is 0.268 e. The van der Waals surface area contributed by atoms with Crippen molar-refractivity contribution in [3.63, 3.8) is 0 Å². The molecule has 0 spiro atoms. The zero-order valence-corrected chi connectivity index (χ0v) is 14.1. The molecule has 2 rings (SSSR count). The number of aromatic nitrogens is 1. The Bertz CT molecular complexity index is 702. The average Bonchev–Trinajstić information content (AvgIpc) is 2.80. The van der Waals surface area contributed by atoms with Crippen molar-refractivity contribution in [3.05, 3.63) is 52.3 Å². The van der Waals surface area contributed by atoms with E-state index in [1.807, 2.05) is 37.4 Å². The van der Waals surface area contributed by atoms with Crippen molar-refractivity contribution in [1.82, 2.24) is 10.3 Å². The predicted molar refractivity (Wildman–Crippen MR) is 89.7 cm³/mol. The van der Waals surface area contributed by atoms with Gasteiger partial charge in [0.25, 0.3) is 5.91 Å². The number of thioether (sulfide) groups is 1. The van der Waals surface area contributed by atoms with Gasteiger partial charge >= 0.3 is 0 Å². The number of carbonyl (C=O) groups is 2. The number of amides is 1. The molecule has 4 nitrogen and oxygen atoms in total. The summed E-state index contributed by atoms with van der Waals surface area (Å²) in [5.74, 6) is -0.222. The van der Waals surface area contributed by atoms with Gasteiger partial charge < -0.3 is 10.3 Å². The number of hydrogen-bond donors (Lipinski definition) is 2. The number of H-pyrrole nitrogens is 1. The Morgan fingerprint density at radius 2 is 1.82 bits per heavy atom. The van der Waals surface area contributed by atoms with Crippen LogP contribution >= 0.6 is 11.8 Å². The molecule has 0 atom stereocenters. The molecular formula is C17H20N2O2S. The minimum absolute atomic E-state index is 0.0297. The van der Waals surface area contributed by atoms with E-state index in [0.29, 0.717) is 23.4 Å². The minimum atomic E-state index is -0.193. The van der Waals surface area contributed by atoms with Crippen LogP contribution in [-0.2, 0) is 6.54 Å². The minimum Gasteiger partial charge on any atom is -0.354 e. The van der Waals surface area contributed by atoms with Crippen LogP contribution < -0.4 is 5.32 Å². The van der Waals surface area contributed by atoms with Gasteiger partial charge in [-0.25, -0.2) is 0 Å². The highest BCUT2D eigenvalue weighted by molar-refractivity contribution is 7.98. The summed E-state index contributed by atoms with van der Waals surface area (Å²) in [5, 5.41) is 2.88. The van der Waals surface area contributed by atoms with E-state index in [9.17, 15) is 9.59 Å². The normalized spacial score (nSPS) is 10.5. The van der Waals surface area contributed by atoms with Gasteiger partial charge in [-0.2, -0.15) is 0 Å². The van der Waals surface area contributed by atoms with Crippen LogP contribution in [0.3, 0.4) is 0 Å². The molecule has 2 N–H and O–H groups in total.